The molecule has 1 aromatic carbocycles. The van der Waals surface area contributed by atoms with Gasteiger partial charge < -0.3 is 15.4 Å². The second-order valence-corrected chi connectivity index (χ2v) is 7.89. The Morgan fingerprint density at radius 3 is 2.76 bits per heavy atom. The van der Waals surface area contributed by atoms with Crippen molar-refractivity contribution < 1.29 is 9.53 Å². The highest BCUT2D eigenvalue weighted by atomic mass is 79.9. The third-order valence-electron chi connectivity index (χ3n) is 5.16. The Morgan fingerprint density at radius 1 is 1.28 bits per heavy atom. The first-order valence-corrected chi connectivity index (χ1v) is 10.4. The Labute approximate surface area is 179 Å². The average Bonchev–Trinajstić information content (AvgIpc) is 2.91. The Hall–Kier alpha value is -2.90. The van der Waals surface area contributed by atoms with E-state index in [1.165, 1.54) is 0 Å². The first-order valence-electron chi connectivity index (χ1n) is 8.89. The molecule has 0 bridgehead atoms. The maximum atomic E-state index is 13.9. The number of anilines is 1. The number of hydrogen-bond donors (Lipinski definition) is 3. The summed E-state index contributed by atoms with van der Waals surface area (Å²) in [6, 6.07) is 9.27. The predicted octanol–water partition coefficient (Wildman–Crippen LogP) is 2.33. The number of H-pyrrole nitrogens is 2. The molecule has 10 heteroatoms. The Bertz CT molecular complexity index is 1210. The molecule has 0 aliphatic carbocycles. The van der Waals surface area contributed by atoms with E-state index < -0.39 is 11.1 Å². The monoisotopic (exact) mass is 473 g/mol. The molecule has 29 heavy (non-hydrogen) atoms. The standard InChI is InChI=1S/C19H16BrN5O3S/c20-7-3-4-8-25-12-6-2-1-5-10(12)19(17(25)26)11(9-21)14(22)28-15-13(19)16(29)24-18(27)23-15/h1-2,5-6H,3-4,7-8,22H2,(H2,23,24,27,29). The fourth-order valence-electron chi connectivity index (χ4n) is 4.02. The minimum Gasteiger partial charge on any atom is -0.424 e. The van der Waals surface area contributed by atoms with Gasteiger partial charge in [-0.3, -0.25) is 14.8 Å². The number of alkyl halides is 1. The van der Waals surface area contributed by atoms with Gasteiger partial charge >= 0.3 is 5.69 Å². The molecule has 0 fully saturated rings. The molecule has 4 N–H and O–H groups in total. The number of nitriles is 1. The lowest BCUT2D eigenvalue weighted by Crippen LogP contribution is -2.47. The smallest absolute Gasteiger partial charge is 0.326 e. The number of ether oxygens (including phenoxy) is 1. The van der Waals surface area contributed by atoms with Gasteiger partial charge in [0, 0.05) is 23.1 Å². The number of nitrogens with one attached hydrogen (secondary N) is 2. The number of aromatic amines is 2. The van der Waals surface area contributed by atoms with Crippen molar-refractivity contribution in [3.8, 4) is 11.9 Å². The van der Waals surface area contributed by atoms with Gasteiger partial charge in [0.1, 0.15) is 21.7 Å². The number of halogens is 1. The van der Waals surface area contributed by atoms with Crippen LogP contribution in [0.5, 0.6) is 5.88 Å². The van der Waals surface area contributed by atoms with Gasteiger partial charge in [0.15, 0.2) is 0 Å². The maximum Gasteiger partial charge on any atom is 0.326 e. The average molecular weight is 474 g/mol. The van der Waals surface area contributed by atoms with E-state index in [1.807, 2.05) is 12.1 Å². The molecule has 1 aromatic heterocycles. The van der Waals surface area contributed by atoms with Crippen molar-refractivity contribution in [1.29, 1.82) is 5.26 Å². The van der Waals surface area contributed by atoms with E-state index >= 15 is 0 Å². The zero-order valence-corrected chi connectivity index (χ0v) is 17.5. The lowest BCUT2D eigenvalue weighted by Gasteiger charge is -2.33. The van der Waals surface area contributed by atoms with E-state index in [0.29, 0.717) is 17.8 Å². The van der Waals surface area contributed by atoms with Crippen molar-refractivity contribution in [2.24, 2.45) is 5.73 Å². The molecule has 2 aliphatic rings. The van der Waals surface area contributed by atoms with Crippen molar-refractivity contribution in [3.63, 3.8) is 0 Å². The van der Waals surface area contributed by atoms with Crippen molar-refractivity contribution in [2.75, 3.05) is 16.8 Å². The van der Waals surface area contributed by atoms with Crippen LogP contribution in [0.3, 0.4) is 0 Å². The van der Waals surface area contributed by atoms with Crippen LogP contribution in [0.15, 0.2) is 40.5 Å². The summed E-state index contributed by atoms with van der Waals surface area (Å²) in [4.78, 5) is 32.5. The van der Waals surface area contributed by atoms with Crippen molar-refractivity contribution >= 4 is 39.7 Å². The number of nitrogens with zero attached hydrogens (tertiary/aromatic N) is 2. The molecule has 148 valence electrons. The molecule has 1 amide bonds. The van der Waals surface area contributed by atoms with Crippen LogP contribution in [0.2, 0.25) is 0 Å². The van der Waals surface area contributed by atoms with Crippen LogP contribution in [0.1, 0.15) is 24.0 Å². The van der Waals surface area contributed by atoms with E-state index in [9.17, 15) is 14.9 Å². The van der Waals surface area contributed by atoms with E-state index in [-0.39, 0.29) is 33.4 Å². The fraction of sp³-hybridized carbons (Fsp3) is 0.263. The Balaban J connectivity index is 2.07. The summed E-state index contributed by atoms with van der Waals surface area (Å²) >= 11 is 8.80. The number of unbranched alkanes of at least 4 members (excludes halogenated alkanes) is 1. The Morgan fingerprint density at radius 2 is 2.03 bits per heavy atom. The second-order valence-electron chi connectivity index (χ2n) is 6.69. The molecule has 2 aliphatic heterocycles. The van der Waals surface area contributed by atoms with Gasteiger partial charge in [0.05, 0.1) is 5.56 Å². The second kappa shape index (κ2) is 7.17. The summed E-state index contributed by atoms with van der Waals surface area (Å²) in [5.74, 6) is -0.605. The third-order valence-corrected chi connectivity index (χ3v) is 6.03. The zero-order chi connectivity index (χ0) is 20.8. The number of benzene rings is 1. The number of aromatic nitrogens is 2. The topological polar surface area (TPSA) is 128 Å². The zero-order valence-electron chi connectivity index (χ0n) is 15.1. The number of carbonyl (C=O) groups excluding carboxylic acids is 1. The summed E-state index contributed by atoms with van der Waals surface area (Å²) in [6.45, 7) is 0.470. The van der Waals surface area contributed by atoms with E-state index in [2.05, 4.69) is 32.0 Å². The molecular formula is C19H16BrN5O3S. The van der Waals surface area contributed by atoms with E-state index in [1.54, 1.807) is 17.0 Å². The highest BCUT2D eigenvalue weighted by Gasteiger charge is 2.60. The van der Waals surface area contributed by atoms with Gasteiger partial charge in [0.25, 0.3) is 0 Å². The van der Waals surface area contributed by atoms with Crippen LogP contribution < -0.4 is 21.1 Å². The molecule has 4 rings (SSSR count). The highest BCUT2D eigenvalue weighted by Crippen LogP contribution is 2.54. The number of fused-ring (bicyclic) bond motifs is 4. The van der Waals surface area contributed by atoms with Gasteiger partial charge in [-0.2, -0.15) is 5.26 Å². The summed E-state index contributed by atoms with van der Waals surface area (Å²) in [7, 11) is 0. The first-order chi connectivity index (χ1) is 14.0. The molecule has 1 spiro atoms. The largest absolute Gasteiger partial charge is 0.424 e. The fourth-order valence-corrected chi connectivity index (χ4v) is 4.75. The van der Waals surface area contributed by atoms with E-state index in [4.69, 9.17) is 22.7 Å². The molecule has 8 nitrogen and oxygen atoms in total. The lowest BCUT2D eigenvalue weighted by molar-refractivity contribution is -0.121. The minimum atomic E-state index is -1.57. The number of hydrogen-bond acceptors (Lipinski definition) is 6. The number of nitrogens with two attached hydrogens (primary N) is 1. The minimum absolute atomic E-state index is 0.0226. The molecule has 2 aromatic rings. The number of carbonyl (C=O) groups is 1. The van der Waals surface area contributed by atoms with Gasteiger partial charge in [0.2, 0.25) is 17.7 Å². The number of para-hydroxylation sites is 1. The summed E-state index contributed by atoms with van der Waals surface area (Å²) in [6.07, 6.45) is 1.65. The van der Waals surface area contributed by atoms with Crippen LogP contribution in [-0.2, 0) is 10.2 Å². The quantitative estimate of drug-likeness (QED) is 0.355. The molecule has 0 saturated heterocycles. The molecule has 3 heterocycles. The SMILES string of the molecule is N#CC1=C(N)Oc2[nH]c(=O)[nH]c(=S)c2C12C(=O)N(CCCCBr)c1ccccc12. The van der Waals surface area contributed by atoms with Gasteiger partial charge in [-0.05, 0) is 18.9 Å². The molecule has 1 atom stereocenters. The van der Waals surface area contributed by atoms with Gasteiger partial charge in [-0.1, -0.05) is 46.3 Å². The number of rotatable bonds is 4. The summed E-state index contributed by atoms with van der Waals surface area (Å²) in [5.41, 5.74) is 5.31. The van der Waals surface area contributed by atoms with Crippen molar-refractivity contribution in [3.05, 3.63) is 62.0 Å². The van der Waals surface area contributed by atoms with Crippen LogP contribution in [0.4, 0.5) is 5.69 Å². The van der Waals surface area contributed by atoms with Gasteiger partial charge in [-0.15, -0.1) is 0 Å². The van der Waals surface area contributed by atoms with Crippen LogP contribution in [0, 0.1) is 16.0 Å². The summed E-state index contributed by atoms with van der Waals surface area (Å²) < 4.78 is 5.52. The molecular weight excluding hydrogens is 458 g/mol. The summed E-state index contributed by atoms with van der Waals surface area (Å²) in [5, 5.41) is 10.8. The van der Waals surface area contributed by atoms with Crippen LogP contribution in [0.25, 0.3) is 0 Å². The van der Waals surface area contributed by atoms with Crippen molar-refractivity contribution in [1.82, 2.24) is 9.97 Å². The van der Waals surface area contributed by atoms with Crippen molar-refractivity contribution in [2.45, 2.75) is 18.3 Å². The van der Waals surface area contributed by atoms with E-state index in [0.717, 1.165) is 18.2 Å². The van der Waals surface area contributed by atoms with Crippen LogP contribution in [-0.4, -0.2) is 27.7 Å². The molecule has 1 unspecified atom stereocenters. The maximum absolute atomic E-state index is 13.9. The Kier molecular flexibility index (Phi) is 4.80. The lowest BCUT2D eigenvalue weighted by atomic mass is 9.70. The highest BCUT2D eigenvalue weighted by molar-refractivity contribution is 9.09. The molecule has 0 radical (unpaired) electrons. The number of amides is 1. The first kappa shape index (κ1) is 19.4. The normalized spacial score (nSPS) is 19.7. The van der Waals surface area contributed by atoms with Gasteiger partial charge in [-0.25, -0.2) is 4.79 Å². The predicted molar refractivity (Wildman–Crippen MR) is 112 cm³/mol. The van der Waals surface area contributed by atoms with Crippen LogP contribution >= 0.6 is 28.1 Å². The third kappa shape index (κ3) is 2.65. The molecule has 0 saturated carbocycles.